The number of aromatic nitrogens is 10. The van der Waals surface area contributed by atoms with E-state index in [4.69, 9.17) is 35.7 Å². The van der Waals surface area contributed by atoms with Crippen LogP contribution in [0.1, 0.15) is 65.1 Å². The number of nitrogens with zero attached hydrogens (tertiary/aromatic N) is 12. The Hall–Kier alpha value is -5.32. The summed E-state index contributed by atoms with van der Waals surface area (Å²) in [5.74, 6) is 8.84. The highest BCUT2D eigenvalue weighted by Gasteiger charge is 2.39. The van der Waals surface area contributed by atoms with Crippen LogP contribution in [0.2, 0.25) is 0 Å². The number of imidazole rings is 2. The van der Waals surface area contributed by atoms with Crippen LogP contribution in [-0.2, 0) is 0 Å². The fraction of sp³-hybridized carbons (Fsp3) is 0.444. The number of nitrogens with one attached hydrogen (secondary N) is 3. The summed E-state index contributed by atoms with van der Waals surface area (Å²) in [7, 11) is 0. The van der Waals surface area contributed by atoms with E-state index in [1.165, 1.54) is 0 Å². The Morgan fingerprint density at radius 1 is 0.750 bits per heavy atom. The first-order valence-electron chi connectivity index (χ1n) is 18.2. The van der Waals surface area contributed by atoms with E-state index < -0.39 is 0 Å². The second kappa shape index (κ2) is 14.4. The average Bonchev–Trinajstić information content (AvgIpc) is 3.80. The third-order valence-corrected chi connectivity index (χ3v) is 9.88. The highest BCUT2D eigenvalue weighted by Crippen LogP contribution is 2.38. The number of rotatable bonds is 10. The van der Waals surface area contributed by atoms with E-state index in [1.54, 1.807) is 18.6 Å². The van der Waals surface area contributed by atoms with Crippen molar-refractivity contribution in [2.45, 2.75) is 83.6 Å². The van der Waals surface area contributed by atoms with Crippen molar-refractivity contribution >= 4 is 29.0 Å². The minimum absolute atomic E-state index is 0.0154. The number of hydrazine groups is 1. The Kier molecular flexibility index (Phi) is 9.34. The molecule has 0 saturated carbocycles. The largest absolute Gasteiger partial charge is 0.352 e. The van der Waals surface area contributed by atoms with Gasteiger partial charge in [-0.05, 0) is 78.6 Å². The molecule has 0 bridgehead atoms. The fourth-order valence-electron chi connectivity index (χ4n) is 7.53. The zero-order chi connectivity index (χ0) is 35.8. The molecule has 0 spiro atoms. The van der Waals surface area contributed by atoms with Crippen molar-refractivity contribution in [2.75, 3.05) is 35.3 Å². The van der Waals surface area contributed by atoms with Crippen molar-refractivity contribution in [1.29, 1.82) is 0 Å². The molecule has 0 radical (unpaired) electrons. The highest BCUT2D eigenvalue weighted by molar-refractivity contribution is 5.70. The quantitative estimate of drug-likeness (QED) is 0.119. The van der Waals surface area contributed by atoms with Gasteiger partial charge in [-0.25, -0.2) is 40.7 Å². The van der Waals surface area contributed by atoms with Crippen molar-refractivity contribution in [3.63, 3.8) is 0 Å². The number of likely N-dealkylation sites (tertiary alicyclic amines) is 1. The number of anilines is 3. The monoisotopic (exact) mass is 702 g/mol. The summed E-state index contributed by atoms with van der Waals surface area (Å²) in [5.41, 5.74) is 5.69. The minimum Gasteiger partial charge on any atom is -0.352 e. The summed E-state index contributed by atoms with van der Waals surface area (Å²) in [6.07, 6.45) is 18.5. The molecule has 2 atom stereocenters. The molecule has 52 heavy (non-hydrogen) atoms. The van der Waals surface area contributed by atoms with Crippen LogP contribution in [0.25, 0.3) is 34.1 Å². The highest BCUT2D eigenvalue weighted by atomic mass is 15.5. The molecule has 2 unspecified atom stereocenters. The summed E-state index contributed by atoms with van der Waals surface area (Å²) in [5, 5.41) is 11.9. The van der Waals surface area contributed by atoms with Crippen molar-refractivity contribution in [2.24, 2.45) is 5.84 Å². The predicted molar refractivity (Wildman–Crippen MR) is 201 cm³/mol. The van der Waals surface area contributed by atoms with E-state index in [0.29, 0.717) is 29.4 Å². The third kappa shape index (κ3) is 6.60. The number of hydrogen-bond donors (Lipinski definition) is 4. The van der Waals surface area contributed by atoms with E-state index in [2.05, 4.69) is 62.9 Å². The Balaban J connectivity index is 1.13. The van der Waals surface area contributed by atoms with Gasteiger partial charge in [0.1, 0.15) is 5.69 Å². The van der Waals surface area contributed by atoms with Crippen molar-refractivity contribution < 1.29 is 0 Å². The predicted octanol–water partition coefficient (Wildman–Crippen LogP) is 3.96. The molecular weight excluding hydrogens is 657 g/mol. The second-order valence-electron chi connectivity index (χ2n) is 14.2. The summed E-state index contributed by atoms with van der Waals surface area (Å²) >= 11 is 0. The van der Waals surface area contributed by atoms with E-state index in [9.17, 15) is 0 Å². The molecule has 6 aromatic rings. The van der Waals surface area contributed by atoms with Gasteiger partial charge >= 0.3 is 0 Å². The third-order valence-electron chi connectivity index (χ3n) is 9.88. The van der Waals surface area contributed by atoms with E-state index in [1.807, 2.05) is 52.5 Å². The maximum absolute atomic E-state index is 7.06. The smallest absolute Gasteiger partial charge is 0.223 e. The van der Waals surface area contributed by atoms with E-state index in [-0.39, 0.29) is 24.2 Å². The van der Waals surface area contributed by atoms with Crippen LogP contribution in [0.3, 0.4) is 0 Å². The lowest BCUT2D eigenvalue weighted by Gasteiger charge is -2.46. The van der Waals surface area contributed by atoms with Crippen LogP contribution >= 0.6 is 0 Å². The lowest BCUT2D eigenvalue weighted by molar-refractivity contribution is 0.0647. The fourth-order valence-corrected chi connectivity index (χ4v) is 7.53. The van der Waals surface area contributed by atoms with Crippen LogP contribution in [-0.4, -0.2) is 97.4 Å². The van der Waals surface area contributed by atoms with Crippen molar-refractivity contribution in [3.8, 4) is 22.8 Å². The van der Waals surface area contributed by atoms with Gasteiger partial charge in [0.05, 0.1) is 47.3 Å². The molecule has 8 rings (SSSR count). The molecule has 16 heteroatoms. The van der Waals surface area contributed by atoms with Gasteiger partial charge in [-0.1, -0.05) is 0 Å². The van der Waals surface area contributed by atoms with Crippen LogP contribution in [0, 0.1) is 0 Å². The van der Waals surface area contributed by atoms with E-state index >= 15 is 0 Å². The Bertz CT molecular complexity index is 2150. The molecule has 0 aromatic carbocycles. The molecule has 6 aromatic heterocycles. The first-order valence-corrected chi connectivity index (χ1v) is 18.2. The lowest BCUT2D eigenvalue weighted by atomic mass is 9.90. The molecule has 0 aliphatic carbocycles. The van der Waals surface area contributed by atoms with Crippen molar-refractivity contribution in [1.82, 2.24) is 58.9 Å². The van der Waals surface area contributed by atoms with Gasteiger partial charge in [0, 0.05) is 61.9 Å². The van der Waals surface area contributed by atoms with Gasteiger partial charge in [0.2, 0.25) is 11.9 Å². The normalized spacial score (nSPS) is 18.8. The average molecular weight is 703 g/mol. The number of hydrogen-bond acceptors (Lipinski definition) is 14. The molecule has 0 amide bonds. The molecule has 8 heterocycles. The number of nitrogens with two attached hydrogens (primary N) is 1. The van der Waals surface area contributed by atoms with Gasteiger partial charge in [-0.15, -0.1) is 0 Å². The SMILES string of the molecule is CC(C)Nc1nccc(-c2cnc3c(C4CC(N(N)c5nccn6c(-c7ccnc(NC(C)C)n7)cnc56)CCN4C4CCNCC4)nccn23)n1. The molecule has 2 aliphatic heterocycles. The van der Waals surface area contributed by atoms with E-state index in [0.717, 1.165) is 79.4 Å². The van der Waals surface area contributed by atoms with Gasteiger partial charge in [0.25, 0.3) is 0 Å². The molecule has 270 valence electrons. The molecule has 16 nitrogen and oxygen atoms in total. The molecule has 2 saturated heterocycles. The summed E-state index contributed by atoms with van der Waals surface area (Å²) in [6, 6.07) is 4.62. The van der Waals surface area contributed by atoms with Crippen LogP contribution in [0.4, 0.5) is 17.7 Å². The maximum Gasteiger partial charge on any atom is 0.223 e. The zero-order valence-electron chi connectivity index (χ0n) is 30.1. The number of piperidine rings is 2. The topological polar surface area (TPSA) is 181 Å². The molecule has 2 fully saturated rings. The first kappa shape index (κ1) is 33.8. The zero-order valence-corrected chi connectivity index (χ0v) is 30.1. The van der Waals surface area contributed by atoms with Gasteiger partial charge < -0.3 is 16.0 Å². The first-order chi connectivity index (χ1) is 25.3. The van der Waals surface area contributed by atoms with Crippen LogP contribution < -0.4 is 26.8 Å². The van der Waals surface area contributed by atoms with Crippen LogP contribution in [0.15, 0.2) is 61.7 Å². The lowest BCUT2D eigenvalue weighted by Crippen LogP contribution is -2.54. The maximum atomic E-state index is 7.06. The Labute approximate surface area is 302 Å². The minimum atomic E-state index is -0.0225. The van der Waals surface area contributed by atoms with Gasteiger partial charge in [-0.3, -0.25) is 23.7 Å². The Morgan fingerprint density at radius 3 is 1.98 bits per heavy atom. The number of fused-ring (bicyclic) bond motifs is 2. The summed E-state index contributed by atoms with van der Waals surface area (Å²) in [4.78, 5) is 40.5. The van der Waals surface area contributed by atoms with Crippen molar-refractivity contribution in [3.05, 3.63) is 67.4 Å². The summed E-state index contributed by atoms with van der Waals surface area (Å²) < 4.78 is 4.09. The standard InChI is InChI=1S/C36H46N16/c1-22(2)45-35-41-12-7-26(47-35)29-20-43-32-31(39-14-17-50(29)32)28-19-25(9-16-49(28)24-5-10-38-11-6-24)52(37)34-33-44-21-30(51(33)18-15-40-34)27-8-13-42-36(48-27)46-23(3)4/h7-8,12-15,17-18,20-25,28,38H,5-6,9-11,16,19,37H2,1-4H3,(H,41,45,47)(H,42,46,48). The Morgan fingerprint density at radius 2 is 1.35 bits per heavy atom. The van der Waals surface area contributed by atoms with Gasteiger partial charge in [0.15, 0.2) is 17.1 Å². The van der Waals surface area contributed by atoms with Crippen LogP contribution in [0.5, 0.6) is 0 Å². The molecule has 5 N–H and O–H groups in total. The molecule has 2 aliphatic rings. The summed E-state index contributed by atoms with van der Waals surface area (Å²) in [6.45, 7) is 11.1. The van der Waals surface area contributed by atoms with Gasteiger partial charge in [-0.2, -0.15) is 0 Å². The molecular formula is C36H46N16. The second-order valence-corrected chi connectivity index (χ2v) is 14.2.